The number of carboxylic acid groups (broad SMARTS) is 1. The maximum absolute atomic E-state index is 11.6. The smallest absolute Gasteiger partial charge is 0.320 e. The Morgan fingerprint density at radius 3 is 2.50 bits per heavy atom. The molecular weight excluding hydrogens is 254 g/mol. The first-order valence-electron chi connectivity index (χ1n) is 5.18. The highest BCUT2D eigenvalue weighted by Gasteiger charge is 2.16. The van der Waals surface area contributed by atoms with Crippen LogP contribution in [0, 0.1) is 0 Å². The van der Waals surface area contributed by atoms with Gasteiger partial charge in [0.2, 0.25) is 10.0 Å². The molecule has 2 N–H and O–H groups in total. The van der Waals surface area contributed by atoms with Crippen molar-refractivity contribution in [3.8, 4) is 0 Å². The van der Waals surface area contributed by atoms with Gasteiger partial charge in [-0.1, -0.05) is 36.4 Å². The number of aliphatic carboxylic acids is 1. The van der Waals surface area contributed by atoms with Crippen molar-refractivity contribution < 1.29 is 18.3 Å². The molecule has 0 saturated heterocycles. The van der Waals surface area contributed by atoms with Gasteiger partial charge in [-0.15, -0.1) is 0 Å². The summed E-state index contributed by atoms with van der Waals surface area (Å²) in [5.74, 6) is -2.33. The summed E-state index contributed by atoms with van der Waals surface area (Å²) in [4.78, 5) is 10.4. The number of hydrogen-bond donors (Lipinski definition) is 2. The van der Waals surface area contributed by atoms with Crippen molar-refractivity contribution in [2.24, 2.45) is 0 Å². The second-order valence-electron chi connectivity index (χ2n) is 3.78. The van der Waals surface area contributed by atoms with Gasteiger partial charge in [-0.25, -0.2) is 8.42 Å². The van der Waals surface area contributed by atoms with Gasteiger partial charge >= 0.3 is 5.97 Å². The normalized spacial score (nSPS) is 11.3. The van der Waals surface area contributed by atoms with Gasteiger partial charge < -0.3 is 5.11 Å². The Bertz CT molecular complexity index is 689. The van der Waals surface area contributed by atoms with Crippen LogP contribution in [0.3, 0.4) is 0 Å². The summed E-state index contributed by atoms with van der Waals surface area (Å²) < 4.78 is 25.4. The molecule has 0 radical (unpaired) electrons. The molecule has 2 rings (SSSR count). The molecule has 0 amide bonds. The highest BCUT2D eigenvalue weighted by atomic mass is 32.2. The first-order chi connectivity index (χ1) is 8.48. The van der Waals surface area contributed by atoms with E-state index in [0.717, 1.165) is 10.8 Å². The number of anilines is 1. The molecule has 2 aromatic carbocycles. The lowest BCUT2D eigenvalue weighted by Gasteiger charge is -2.09. The fourth-order valence-corrected chi connectivity index (χ4v) is 2.59. The maximum atomic E-state index is 11.6. The van der Waals surface area contributed by atoms with Crippen molar-refractivity contribution >= 4 is 32.5 Å². The summed E-state index contributed by atoms with van der Waals surface area (Å²) in [6.07, 6.45) is 0. The van der Waals surface area contributed by atoms with E-state index in [4.69, 9.17) is 5.11 Å². The SMILES string of the molecule is O=C(O)CS(=O)(=O)Nc1cccc2ccccc12. The molecule has 2 aromatic rings. The van der Waals surface area contributed by atoms with E-state index in [0.29, 0.717) is 5.69 Å². The van der Waals surface area contributed by atoms with E-state index in [9.17, 15) is 13.2 Å². The Labute approximate surface area is 104 Å². The zero-order valence-corrected chi connectivity index (χ0v) is 10.1. The van der Waals surface area contributed by atoms with Crippen LogP contribution in [0.2, 0.25) is 0 Å². The number of carboxylic acids is 1. The lowest BCUT2D eigenvalue weighted by Crippen LogP contribution is -2.22. The summed E-state index contributed by atoms with van der Waals surface area (Å²) in [6, 6.07) is 12.4. The minimum Gasteiger partial charge on any atom is -0.480 e. The second kappa shape index (κ2) is 4.66. The van der Waals surface area contributed by atoms with Crippen molar-refractivity contribution in [3.05, 3.63) is 42.5 Å². The van der Waals surface area contributed by atoms with Gasteiger partial charge in [0.05, 0.1) is 5.69 Å². The van der Waals surface area contributed by atoms with Crippen molar-refractivity contribution in [1.29, 1.82) is 0 Å². The molecule has 0 heterocycles. The zero-order valence-electron chi connectivity index (χ0n) is 9.33. The van der Waals surface area contributed by atoms with Crippen LogP contribution in [0.15, 0.2) is 42.5 Å². The van der Waals surface area contributed by atoms with E-state index in [1.807, 2.05) is 18.2 Å². The van der Waals surface area contributed by atoms with Gasteiger partial charge in [0.25, 0.3) is 0 Å². The van der Waals surface area contributed by atoms with E-state index in [2.05, 4.69) is 4.72 Å². The highest BCUT2D eigenvalue weighted by molar-refractivity contribution is 7.93. The van der Waals surface area contributed by atoms with Crippen molar-refractivity contribution in [2.75, 3.05) is 10.5 Å². The summed E-state index contributed by atoms with van der Waals surface area (Å²) in [7, 11) is -3.87. The molecule has 94 valence electrons. The average Bonchev–Trinajstić information content (AvgIpc) is 2.27. The number of sulfonamides is 1. The standard InChI is InChI=1S/C12H11NO4S/c14-12(15)8-18(16,17)13-11-7-3-5-9-4-1-2-6-10(9)11/h1-7,13H,8H2,(H,14,15). The van der Waals surface area contributed by atoms with Crippen LogP contribution < -0.4 is 4.72 Å². The van der Waals surface area contributed by atoms with E-state index in [1.165, 1.54) is 0 Å². The van der Waals surface area contributed by atoms with Gasteiger partial charge in [0.1, 0.15) is 0 Å². The van der Waals surface area contributed by atoms with Crippen LogP contribution in [-0.2, 0) is 14.8 Å². The monoisotopic (exact) mass is 265 g/mol. The first-order valence-corrected chi connectivity index (χ1v) is 6.83. The zero-order chi connectivity index (χ0) is 13.2. The molecular formula is C12H11NO4S. The third-order valence-corrected chi connectivity index (χ3v) is 3.53. The maximum Gasteiger partial charge on any atom is 0.320 e. The predicted molar refractivity (Wildman–Crippen MR) is 69.0 cm³/mol. The molecule has 0 saturated carbocycles. The lowest BCUT2D eigenvalue weighted by molar-refractivity contribution is -0.134. The Kier molecular flexibility index (Phi) is 3.20. The molecule has 0 atom stereocenters. The van der Waals surface area contributed by atoms with E-state index in [1.54, 1.807) is 24.3 Å². The Morgan fingerprint density at radius 2 is 1.78 bits per heavy atom. The number of hydrogen-bond acceptors (Lipinski definition) is 3. The van der Waals surface area contributed by atoms with Gasteiger partial charge in [0, 0.05) is 5.39 Å². The van der Waals surface area contributed by atoms with Crippen molar-refractivity contribution in [2.45, 2.75) is 0 Å². The van der Waals surface area contributed by atoms with Crippen molar-refractivity contribution in [1.82, 2.24) is 0 Å². The Hall–Kier alpha value is -2.08. The van der Waals surface area contributed by atoms with E-state index < -0.39 is 21.7 Å². The molecule has 0 spiro atoms. The van der Waals surface area contributed by atoms with Crippen molar-refractivity contribution in [3.63, 3.8) is 0 Å². The third kappa shape index (κ3) is 2.78. The topological polar surface area (TPSA) is 83.5 Å². The fraction of sp³-hybridized carbons (Fsp3) is 0.0833. The quantitative estimate of drug-likeness (QED) is 0.880. The van der Waals surface area contributed by atoms with Crippen LogP contribution in [0.5, 0.6) is 0 Å². The van der Waals surface area contributed by atoms with Crippen LogP contribution in [-0.4, -0.2) is 25.2 Å². The Balaban J connectivity index is 2.41. The van der Waals surface area contributed by atoms with Gasteiger partial charge in [0.15, 0.2) is 5.75 Å². The number of nitrogens with one attached hydrogen (secondary N) is 1. The van der Waals surface area contributed by atoms with E-state index in [-0.39, 0.29) is 0 Å². The molecule has 0 aromatic heterocycles. The summed E-state index contributed by atoms with van der Waals surface area (Å²) in [6.45, 7) is 0. The number of carbonyl (C=O) groups is 1. The first kappa shape index (κ1) is 12.4. The van der Waals surface area contributed by atoms with Gasteiger partial charge in [-0.3, -0.25) is 9.52 Å². The van der Waals surface area contributed by atoms with Crippen LogP contribution in [0.4, 0.5) is 5.69 Å². The summed E-state index contributed by atoms with van der Waals surface area (Å²) in [5, 5.41) is 10.1. The molecule has 0 aliphatic carbocycles. The second-order valence-corrected chi connectivity index (χ2v) is 5.50. The molecule has 6 heteroatoms. The van der Waals surface area contributed by atoms with Gasteiger partial charge in [-0.2, -0.15) is 0 Å². The largest absolute Gasteiger partial charge is 0.480 e. The minimum atomic E-state index is -3.87. The van der Waals surface area contributed by atoms with Gasteiger partial charge in [-0.05, 0) is 11.5 Å². The molecule has 0 unspecified atom stereocenters. The average molecular weight is 265 g/mol. The minimum absolute atomic E-state index is 0.384. The number of fused-ring (bicyclic) bond motifs is 1. The summed E-state index contributed by atoms with van der Waals surface area (Å²) >= 11 is 0. The predicted octanol–water partition coefficient (Wildman–Crippen LogP) is 1.67. The number of rotatable bonds is 4. The summed E-state index contributed by atoms with van der Waals surface area (Å²) in [5.41, 5.74) is 0.384. The molecule has 0 aliphatic heterocycles. The fourth-order valence-electron chi connectivity index (χ4n) is 1.68. The van der Waals surface area contributed by atoms with Crippen LogP contribution in [0.25, 0.3) is 10.8 Å². The molecule has 18 heavy (non-hydrogen) atoms. The Morgan fingerprint density at radius 1 is 1.11 bits per heavy atom. The third-order valence-electron chi connectivity index (χ3n) is 2.37. The molecule has 0 bridgehead atoms. The highest BCUT2D eigenvalue weighted by Crippen LogP contribution is 2.23. The number of benzene rings is 2. The molecule has 0 fully saturated rings. The molecule has 0 aliphatic rings. The lowest BCUT2D eigenvalue weighted by atomic mass is 10.1. The van der Waals surface area contributed by atoms with E-state index >= 15 is 0 Å². The van der Waals surface area contributed by atoms with Crippen LogP contribution >= 0.6 is 0 Å². The van der Waals surface area contributed by atoms with Crippen LogP contribution in [0.1, 0.15) is 0 Å². The molecule has 5 nitrogen and oxygen atoms in total.